The van der Waals surface area contributed by atoms with E-state index in [1.165, 1.54) is 24.7 Å². The lowest BCUT2D eigenvalue weighted by atomic mass is 10.2. The average molecular weight is 250 g/mol. The van der Waals surface area contributed by atoms with Crippen molar-refractivity contribution in [2.24, 2.45) is 0 Å². The number of carbonyl (C=O) groups is 1. The van der Waals surface area contributed by atoms with E-state index < -0.39 is 5.91 Å². The third-order valence-corrected chi connectivity index (χ3v) is 2.20. The molecule has 3 N–H and O–H groups in total. The van der Waals surface area contributed by atoms with Gasteiger partial charge in [-0.3, -0.25) is 10.1 Å². The molecule has 2 rings (SSSR count). The summed E-state index contributed by atoms with van der Waals surface area (Å²) in [4.78, 5) is 23.3. The van der Waals surface area contributed by atoms with Crippen molar-refractivity contribution in [1.82, 2.24) is 15.0 Å². The summed E-state index contributed by atoms with van der Waals surface area (Å²) < 4.78 is 0. The molecule has 7 heteroatoms. The molecule has 0 spiro atoms. The molecule has 1 amide bonds. The van der Waals surface area contributed by atoms with Crippen molar-refractivity contribution in [2.45, 2.75) is 0 Å². The summed E-state index contributed by atoms with van der Waals surface area (Å²) in [5.74, 6) is -0.267. The van der Waals surface area contributed by atoms with Gasteiger partial charge >= 0.3 is 0 Å². The quantitative estimate of drug-likeness (QED) is 0.784. The first-order valence-electron chi connectivity index (χ1n) is 4.66. The van der Waals surface area contributed by atoms with Crippen LogP contribution in [0.4, 0.5) is 11.6 Å². The topological polar surface area (TPSA) is 93.8 Å². The number of carbonyl (C=O) groups excluding carboxylic acids is 1. The fraction of sp³-hybridized carbons (Fsp3) is 0. The first kappa shape index (κ1) is 11.3. The van der Waals surface area contributed by atoms with Gasteiger partial charge in [0.25, 0.3) is 5.91 Å². The van der Waals surface area contributed by atoms with Gasteiger partial charge in [-0.25, -0.2) is 15.0 Å². The molecule has 2 heterocycles. The van der Waals surface area contributed by atoms with Crippen LogP contribution in [0.5, 0.6) is 0 Å². The van der Waals surface area contributed by atoms with E-state index in [4.69, 9.17) is 17.3 Å². The van der Waals surface area contributed by atoms with Gasteiger partial charge in [-0.15, -0.1) is 0 Å². The Morgan fingerprint density at radius 3 is 2.71 bits per heavy atom. The Morgan fingerprint density at radius 1 is 1.29 bits per heavy atom. The zero-order valence-corrected chi connectivity index (χ0v) is 9.35. The summed E-state index contributed by atoms with van der Waals surface area (Å²) in [5, 5.41) is 2.56. The minimum absolute atomic E-state index is 0.0765. The zero-order valence-electron chi connectivity index (χ0n) is 8.59. The van der Waals surface area contributed by atoms with Crippen LogP contribution in [0.3, 0.4) is 0 Å². The van der Waals surface area contributed by atoms with E-state index in [9.17, 15) is 4.79 Å². The molecule has 0 unspecified atom stereocenters. The number of aromatic nitrogens is 3. The molecule has 0 aliphatic heterocycles. The molecule has 17 heavy (non-hydrogen) atoms. The molecule has 6 nitrogen and oxygen atoms in total. The Hall–Kier alpha value is -2.21. The van der Waals surface area contributed by atoms with Gasteiger partial charge in [0, 0.05) is 12.4 Å². The third kappa shape index (κ3) is 2.67. The van der Waals surface area contributed by atoms with Gasteiger partial charge in [-0.05, 0) is 12.1 Å². The van der Waals surface area contributed by atoms with Gasteiger partial charge < -0.3 is 5.73 Å². The standard InChI is InChI=1S/C10H8ClN5O/c11-8-7(4-6(12)5-15-8)9(17)16-10-13-2-1-3-14-10/h1-5H,12H2,(H,13,14,16,17). The molecular formula is C10H8ClN5O. The van der Waals surface area contributed by atoms with E-state index in [-0.39, 0.29) is 16.7 Å². The monoisotopic (exact) mass is 249 g/mol. The molecule has 0 fully saturated rings. The van der Waals surface area contributed by atoms with E-state index >= 15 is 0 Å². The number of rotatable bonds is 2. The second kappa shape index (κ2) is 4.75. The summed E-state index contributed by atoms with van der Waals surface area (Å²) in [6.45, 7) is 0. The van der Waals surface area contributed by atoms with Crippen LogP contribution in [-0.4, -0.2) is 20.9 Å². The van der Waals surface area contributed by atoms with Crippen molar-refractivity contribution in [2.75, 3.05) is 11.1 Å². The Bertz CT molecular complexity index is 546. The van der Waals surface area contributed by atoms with Crippen LogP contribution in [0.1, 0.15) is 10.4 Å². The van der Waals surface area contributed by atoms with E-state index in [1.807, 2.05) is 0 Å². The number of hydrogen-bond donors (Lipinski definition) is 2. The van der Waals surface area contributed by atoms with Crippen LogP contribution in [0, 0.1) is 0 Å². The minimum atomic E-state index is -0.457. The number of anilines is 2. The van der Waals surface area contributed by atoms with Crippen LogP contribution >= 0.6 is 11.6 Å². The smallest absolute Gasteiger partial charge is 0.261 e. The molecule has 0 aliphatic carbocycles. The number of nitrogens with two attached hydrogens (primary N) is 1. The highest BCUT2D eigenvalue weighted by Crippen LogP contribution is 2.16. The lowest BCUT2D eigenvalue weighted by Gasteiger charge is -2.04. The van der Waals surface area contributed by atoms with Gasteiger partial charge in [-0.1, -0.05) is 11.6 Å². The van der Waals surface area contributed by atoms with E-state index in [0.29, 0.717) is 5.69 Å². The Kier molecular flexibility index (Phi) is 3.15. The van der Waals surface area contributed by atoms with Crippen molar-refractivity contribution < 1.29 is 4.79 Å². The average Bonchev–Trinajstić information content (AvgIpc) is 2.33. The second-order valence-corrected chi connectivity index (χ2v) is 3.49. The third-order valence-electron chi connectivity index (χ3n) is 1.90. The second-order valence-electron chi connectivity index (χ2n) is 3.13. The van der Waals surface area contributed by atoms with Crippen molar-refractivity contribution in [3.8, 4) is 0 Å². The highest BCUT2D eigenvalue weighted by atomic mass is 35.5. The molecule has 0 bridgehead atoms. The van der Waals surface area contributed by atoms with Crippen LogP contribution < -0.4 is 11.1 Å². The number of halogens is 1. The summed E-state index contributed by atoms with van der Waals surface area (Å²) in [6.07, 6.45) is 4.40. The largest absolute Gasteiger partial charge is 0.397 e. The number of nitrogens with zero attached hydrogens (tertiary/aromatic N) is 3. The van der Waals surface area contributed by atoms with Crippen LogP contribution in [0.2, 0.25) is 5.15 Å². The minimum Gasteiger partial charge on any atom is -0.397 e. The molecule has 0 atom stereocenters. The van der Waals surface area contributed by atoms with Crippen molar-refractivity contribution in [1.29, 1.82) is 0 Å². The molecule has 0 aromatic carbocycles. The Balaban J connectivity index is 2.23. The van der Waals surface area contributed by atoms with Gasteiger partial charge in [0.05, 0.1) is 17.4 Å². The lowest BCUT2D eigenvalue weighted by Crippen LogP contribution is -2.15. The molecule has 86 valence electrons. The molecule has 0 saturated carbocycles. The van der Waals surface area contributed by atoms with Crippen LogP contribution in [0.25, 0.3) is 0 Å². The predicted octanol–water partition coefficient (Wildman–Crippen LogP) is 1.36. The maximum absolute atomic E-state index is 11.8. The van der Waals surface area contributed by atoms with Crippen LogP contribution in [0.15, 0.2) is 30.7 Å². The lowest BCUT2D eigenvalue weighted by molar-refractivity contribution is 0.102. The fourth-order valence-corrected chi connectivity index (χ4v) is 1.35. The number of amides is 1. The first-order valence-corrected chi connectivity index (χ1v) is 5.04. The maximum atomic E-state index is 11.8. The summed E-state index contributed by atoms with van der Waals surface area (Å²) in [6, 6.07) is 3.08. The predicted molar refractivity (Wildman–Crippen MR) is 63.6 cm³/mol. The molecule has 0 saturated heterocycles. The Labute approximate surface area is 102 Å². The van der Waals surface area contributed by atoms with E-state index in [0.717, 1.165) is 0 Å². The van der Waals surface area contributed by atoms with E-state index in [2.05, 4.69) is 20.3 Å². The highest BCUT2D eigenvalue weighted by molar-refractivity contribution is 6.33. The maximum Gasteiger partial charge on any atom is 0.261 e. The first-order chi connectivity index (χ1) is 8.16. The number of pyridine rings is 1. The van der Waals surface area contributed by atoms with Crippen molar-refractivity contribution in [3.63, 3.8) is 0 Å². The number of nitrogen functional groups attached to an aromatic ring is 1. The molecule has 0 radical (unpaired) electrons. The van der Waals surface area contributed by atoms with Crippen LogP contribution in [-0.2, 0) is 0 Å². The van der Waals surface area contributed by atoms with Crippen molar-refractivity contribution >= 4 is 29.1 Å². The fourth-order valence-electron chi connectivity index (χ4n) is 1.16. The number of nitrogens with one attached hydrogen (secondary N) is 1. The Morgan fingerprint density at radius 2 is 2.00 bits per heavy atom. The number of hydrogen-bond acceptors (Lipinski definition) is 5. The molecular weight excluding hydrogens is 242 g/mol. The van der Waals surface area contributed by atoms with Gasteiger partial charge in [0.2, 0.25) is 5.95 Å². The summed E-state index contributed by atoms with van der Waals surface area (Å²) in [5.41, 5.74) is 6.06. The SMILES string of the molecule is Nc1cnc(Cl)c(C(=O)Nc2ncccn2)c1. The summed E-state index contributed by atoms with van der Waals surface area (Å²) >= 11 is 5.79. The van der Waals surface area contributed by atoms with E-state index in [1.54, 1.807) is 6.07 Å². The van der Waals surface area contributed by atoms with Gasteiger partial charge in [-0.2, -0.15) is 0 Å². The van der Waals surface area contributed by atoms with Gasteiger partial charge in [0.1, 0.15) is 5.15 Å². The summed E-state index contributed by atoms with van der Waals surface area (Å²) in [7, 11) is 0. The molecule has 0 aliphatic rings. The molecule has 2 aromatic rings. The normalized spacial score (nSPS) is 9.94. The van der Waals surface area contributed by atoms with Crippen molar-refractivity contribution in [3.05, 3.63) is 41.4 Å². The zero-order chi connectivity index (χ0) is 12.3. The highest BCUT2D eigenvalue weighted by Gasteiger charge is 2.12. The molecule has 2 aromatic heterocycles. The van der Waals surface area contributed by atoms with Gasteiger partial charge in [0.15, 0.2) is 0 Å².